The Kier molecular flexibility index (Phi) is 3.78. The summed E-state index contributed by atoms with van der Waals surface area (Å²) in [7, 11) is 0. The minimum absolute atomic E-state index is 0.00356. The normalized spacial score (nSPS) is 14.3. The Morgan fingerprint density at radius 3 is 2.77 bits per heavy atom. The molecule has 2 aromatic rings. The van der Waals surface area contributed by atoms with Crippen LogP contribution in [-0.2, 0) is 4.79 Å². The molecular weight excluding hydrogens is 280 g/mol. The lowest BCUT2D eigenvalue weighted by Crippen LogP contribution is -2.28. The van der Waals surface area contributed by atoms with Gasteiger partial charge in [-0.25, -0.2) is 0 Å². The van der Waals surface area contributed by atoms with Crippen LogP contribution in [0.25, 0.3) is 0 Å². The van der Waals surface area contributed by atoms with E-state index in [1.165, 1.54) is 0 Å². The Balaban J connectivity index is 1.75. The molecule has 5 nitrogen and oxygen atoms in total. The second kappa shape index (κ2) is 5.89. The Labute approximate surface area is 128 Å². The van der Waals surface area contributed by atoms with Gasteiger partial charge in [0.05, 0.1) is 11.7 Å². The van der Waals surface area contributed by atoms with Crippen molar-refractivity contribution in [2.45, 2.75) is 13.0 Å². The Hall–Kier alpha value is -2.82. The van der Waals surface area contributed by atoms with E-state index in [1.807, 2.05) is 37.3 Å². The summed E-state index contributed by atoms with van der Waals surface area (Å²) < 4.78 is 5.28. The number of fused-ring (bicyclic) bond motifs is 1. The van der Waals surface area contributed by atoms with E-state index < -0.39 is 0 Å². The molecule has 2 aromatic carbocycles. The highest BCUT2D eigenvalue weighted by molar-refractivity contribution is 5.99. The van der Waals surface area contributed by atoms with Gasteiger partial charge in [0.1, 0.15) is 5.75 Å². The van der Waals surface area contributed by atoms with E-state index in [0.29, 0.717) is 17.0 Å². The first kappa shape index (κ1) is 14.1. The summed E-state index contributed by atoms with van der Waals surface area (Å²) in [5.74, 6) is 0.161. The topological polar surface area (TPSA) is 67.4 Å². The lowest BCUT2D eigenvalue weighted by Gasteiger charge is -2.19. The van der Waals surface area contributed by atoms with Gasteiger partial charge >= 0.3 is 0 Å². The molecule has 0 saturated carbocycles. The Morgan fingerprint density at radius 2 is 2.00 bits per heavy atom. The highest BCUT2D eigenvalue weighted by atomic mass is 16.5. The number of nitrogens with one attached hydrogen (secondary N) is 2. The van der Waals surface area contributed by atoms with Gasteiger partial charge in [0.2, 0.25) is 0 Å². The summed E-state index contributed by atoms with van der Waals surface area (Å²) in [6, 6.07) is 14.6. The van der Waals surface area contributed by atoms with Crippen LogP contribution in [0.4, 0.5) is 5.69 Å². The van der Waals surface area contributed by atoms with Crippen molar-refractivity contribution in [2.75, 3.05) is 11.9 Å². The van der Waals surface area contributed by atoms with Crippen molar-refractivity contribution in [1.29, 1.82) is 0 Å². The van der Waals surface area contributed by atoms with Gasteiger partial charge in [-0.1, -0.05) is 30.3 Å². The molecule has 5 heteroatoms. The van der Waals surface area contributed by atoms with E-state index in [1.54, 1.807) is 18.2 Å². The summed E-state index contributed by atoms with van der Waals surface area (Å²) in [6.45, 7) is 1.93. The van der Waals surface area contributed by atoms with E-state index in [0.717, 1.165) is 5.56 Å². The van der Waals surface area contributed by atoms with Crippen LogP contribution in [0.3, 0.4) is 0 Å². The van der Waals surface area contributed by atoms with Crippen molar-refractivity contribution in [3.63, 3.8) is 0 Å². The van der Waals surface area contributed by atoms with Crippen LogP contribution in [0.15, 0.2) is 48.5 Å². The first-order chi connectivity index (χ1) is 10.6. The lowest BCUT2D eigenvalue weighted by atomic mass is 10.1. The maximum absolute atomic E-state index is 12.3. The molecule has 1 aliphatic rings. The molecular formula is C17H16N2O3. The fourth-order valence-corrected chi connectivity index (χ4v) is 2.33. The minimum Gasteiger partial charge on any atom is -0.482 e. The number of carbonyl (C=O) groups excluding carboxylic acids is 2. The van der Waals surface area contributed by atoms with Crippen molar-refractivity contribution in [1.82, 2.24) is 5.32 Å². The monoisotopic (exact) mass is 296 g/mol. The molecule has 1 aliphatic heterocycles. The van der Waals surface area contributed by atoms with Gasteiger partial charge in [0.25, 0.3) is 11.8 Å². The van der Waals surface area contributed by atoms with Crippen molar-refractivity contribution < 1.29 is 14.3 Å². The van der Waals surface area contributed by atoms with Crippen LogP contribution < -0.4 is 15.4 Å². The van der Waals surface area contributed by atoms with Gasteiger partial charge in [-0.2, -0.15) is 0 Å². The average Bonchev–Trinajstić information content (AvgIpc) is 2.54. The first-order valence-corrected chi connectivity index (χ1v) is 7.06. The number of benzene rings is 2. The van der Waals surface area contributed by atoms with Gasteiger partial charge in [-0.3, -0.25) is 9.59 Å². The summed E-state index contributed by atoms with van der Waals surface area (Å²) >= 11 is 0. The predicted octanol–water partition coefficient (Wildman–Crippen LogP) is 2.51. The van der Waals surface area contributed by atoms with Crippen LogP contribution in [0, 0.1) is 0 Å². The first-order valence-electron chi connectivity index (χ1n) is 7.06. The molecule has 2 amide bonds. The number of hydrogen-bond donors (Lipinski definition) is 2. The zero-order chi connectivity index (χ0) is 15.5. The molecule has 2 N–H and O–H groups in total. The zero-order valence-corrected chi connectivity index (χ0v) is 12.1. The van der Waals surface area contributed by atoms with Crippen LogP contribution in [0.2, 0.25) is 0 Å². The Morgan fingerprint density at radius 1 is 1.23 bits per heavy atom. The average molecular weight is 296 g/mol. The van der Waals surface area contributed by atoms with Crippen LogP contribution in [0.5, 0.6) is 5.75 Å². The lowest BCUT2D eigenvalue weighted by molar-refractivity contribution is -0.118. The van der Waals surface area contributed by atoms with Crippen LogP contribution in [0.1, 0.15) is 28.9 Å². The van der Waals surface area contributed by atoms with Crippen molar-refractivity contribution in [3.05, 3.63) is 59.7 Å². The molecule has 0 aliphatic carbocycles. The molecule has 112 valence electrons. The molecule has 0 saturated heterocycles. The number of hydrogen-bond acceptors (Lipinski definition) is 3. The standard InChI is InChI=1S/C17H16N2O3/c1-11(12-5-3-2-4-6-12)18-17(21)13-7-8-15-14(9-13)19-16(20)10-22-15/h2-9,11H,10H2,1H3,(H,18,21)(H,19,20)/t11-/m1/s1. The minimum atomic E-state index is -0.220. The van der Waals surface area contributed by atoms with Crippen molar-refractivity contribution in [2.24, 2.45) is 0 Å². The summed E-state index contributed by atoms with van der Waals surface area (Å²) in [4.78, 5) is 23.7. The van der Waals surface area contributed by atoms with Crippen molar-refractivity contribution in [3.8, 4) is 5.75 Å². The molecule has 22 heavy (non-hydrogen) atoms. The zero-order valence-electron chi connectivity index (χ0n) is 12.1. The number of anilines is 1. The van der Waals surface area contributed by atoms with Crippen molar-refractivity contribution >= 4 is 17.5 Å². The van der Waals surface area contributed by atoms with E-state index in [-0.39, 0.29) is 24.5 Å². The number of amides is 2. The maximum Gasteiger partial charge on any atom is 0.262 e. The third-order valence-corrected chi connectivity index (χ3v) is 3.52. The smallest absolute Gasteiger partial charge is 0.262 e. The number of rotatable bonds is 3. The summed E-state index contributed by atoms with van der Waals surface area (Å²) in [5.41, 5.74) is 2.04. The summed E-state index contributed by atoms with van der Waals surface area (Å²) in [5, 5.41) is 5.63. The molecule has 1 atom stereocenters. The van der Waals surface area contributed by atoms with E-state index in [4.69, 9.17) is 4.74 Å². The largest absolute Gasteiger partial charge is 0.482 e. The molecule has 0 unspecified atom stereocenters. The highest BCUT2D eigenvalue weighted by Gasteiger charge is 2.18. The van der Waals surface area contributed by atoms with Gasteiger partial charge in [-0.05, 0) is 30.7 Å². The Bertz CT molecular complexity index is 713. The van der Waals surface area contributed by atoms with Gasteiger partial charge < -0.3 is 15.4 Å². The molecule has 0 radical (unpaired) electrons. The van der Waals surface area contributed by atoms with Gasteiger partial charge in [-0.15, -0.1) is 0 Å². The van der Waals surface area contributed by atoms with Crippen LogP contribution in [-0.4, -0.2) is 18.4 Å². The maximum atomic E-state index is 12.3. The summed E-state index contributed by atoms with van der Waals surface area (Å²) in [6.07, 6.45) is 0. The fraction of sp³-hybridized carbons (Fsp3) is 0.176. The molecule has 0 bridgehead atoms. The molecule has 0 spiro atoms. The fourth-order valence-electron chi connectivity index (χ4n) is 2.33. The highest BCUT2D eigenvalue weighted by Crippen LogP contribution is 2.28. The second-order valence-corrected chi connectivity index (χ2v) is 5.15. The van der Waals surface area contributed by atoms with Crippen LogP contribution >= 0.6 is 0 Å². The third-order valence-electron chi connectivity index (χ3n) is 3.52. The molecule has 3 rings (SSSR count). The second-order valence-electron chi connectivity index (χ2n) is 5.15. The molecule has 0 fully saturated rings. The molecule has 0 aromatic heterocycles. The van der Waals surface area contributed by atoms with E-state index in [2.05, 4.69) is 10.6 Å². The third kappa shape index (κ3) is 2.93. The molecule has 1 heterocycles. The van der Waals surface area contributed by atoms with Gasteiger partial charge in [0.15, 0.2) is 6.61 Å². The number of carbonyl (C=O) groups is 2. The predicted molar refractivity (Wildman–Crippen MR) is 82.9 cm³/mol. The quantitative estimate of drug-likeness (QED) is 0.914. The van der Waals surface area contributed by atoms with E-state index in [9.17, 15) is 9.59 Å². The van der Waals surface area contributed by atoms with E-state index >= 15 is 0 Å². The van der Waals surface area contributed by atoms with Gasteiger partial charge in [0, 0.05) is 5.56 Å². The number of ether oxygens (including phenoxy) is 1. The SMILES string of the molecule is C[C@@H](NC(=O)c1ccc2c(c1)NC(=O)CO2)c1ccccc1.